The molecule has 0 saturated carbocycles. The fourth-order valence-corrected chi connectivity index (χ4v) is 1.81. The maximum atomic E-state index is 11.6. The van der Waals surface area contributed by atoms with E-state index in [0.29, 0.717) is 18.0 Å². The number of thioether (sulfide) groups is 1. The van der Waals surface area contributed by atoms with Crippen molar-refractivity contribution in [1.82, 2.24) is 5.32 Å². The standard InChI is InChI=1S/C10H13N3O3S.ClH/c1-17-9-3-2-7(6-8(9)13(15)16)10(14)12-5-4-11;/h2-3,6H,4-5,11H2,1H3,(H,12,14);1H. The predicted octanol–water partition coefficient (Wildman–Crippen LogP) is 1.43. The van der Waals surface area contributed by atoms with Crippen LogP contribution < -0.4 is 11.1 Å². The Morgan fingerprint density at radius 3 is 2.72 bits per heavy atom. The van der Waals surface area contributed by atoms with Crippen molar-refractivity contribution in [2.24, 2.45) is 5.73 Å². The Hall–Kier alpha value is -1.31. The summed E-state index contributed by atoms with van der Waals surface area (Å²) in [6, 6.07) is 4.41. The van der Waals surface area contributed by atoms with Crippen molar-refractivity contribution in [3.05, 3.63) is 33.9 Å². The smallest absolute Gasteiger partial charge is 0.283 e. The molecule has 18 heavy (non-hydrogen) atoms. The van der Waals surface area contributed by atoms with Crippen molar-refractivity contribution in [3.8, 4) is 0 Å². The molecular formula is C10H14ClN3O3S. The highest BCUT2D eigenvalue weighted by atomic mass is 35.5. The van der Waals surface area contributed by atoms with Crippen LogP contribution in [-0.4, -0.2) is 30.2 Å². The van der Waals surface area contributed by atoms with Gasteiger partial charge in [-0.1, -0.05) is 0 Å². The van der Waals surface area contributed by atoms with E-state index in [1.54, 1.807) is 18.4 Å². The second kappa shape index (κ2) is 7.91. The summed E-state index contributed by atoms with van der Waals surface area (Å²) in [7, 11) is 0. The molecule has 3 N–H and O–H groups in total. The zero-order valence-electron chi connectivity index (χ0n) is 9.71. The molecule has 0 bridgehead atoms. The number of nitro benzene ring substituents is 1. The average Bonchev–Trinajstić information content (AvgIpc) is 2.34. The number of halogens is 1. The molecule has 100 valence electrons. The lowest BCUT2D eigenvalue weighted by atomic mass is 10.2. The third kappa shape index (κ3) is 4.17. The van der Waals surface area contributed by atoms with Gasteiger partial charge < -0.3 is 11.1 Å². The van der Waals surface area contributed by atoms with E-state index in [9.17, 15) is 14.9 Å². The maximum absolute atomic E-state index is 11.6. The first-order valence-electron chi connectivity index (χ1n) is 4.91. The molecule has 0 aliphatic heterocycles. The largest absolute Gasteiger partial charge is 0.351 e. The van der Waals surface area contributed by atoms with E-state index in [2.05, 4.69) is 5.32 Å². The van der Waals surface area contributed by atoms with E-state index in [0.717, 1.165) is 0 Å². The molecule has 0 fully saturated rings. The Kier molecular flexibility index (Phi) is 7.33. The Morgan fingerprint density at radius 2 is 2.22 bits per heavy atom. The van der Waals surface area contributed by atoms with E-state index >= 15 is 0 Å². The number of nitrogens with zero attached hydrogens (tertiary/aromatic N) is 1. The molecule has 6 nitrogen and oxygen atoms in total. The maximum Gasteiger partial charge on any atom is 0.283 e. The SMILES string of the molecule is CSc1ccc(C(=O)NCCN)cc1[N+](=O)[O-].Cl. The molecule has 0 spiro atoms. The molecule has 0 aromatic heterocycles. The van der Waals surface area contributed by atoms with E-state index in [1.165, 1.54) is 17.8 Å². The van der Waals surface area contributed by atoms with Crippen LogP contribution in [0.5, 0.6) is 0 Å². The van der Waals surface area contributed by atoms with Crippen LogP contribution in [-0.2, 0) is 0 Å². The van der Waals surface area contributed by atoms with Gasteiger partial charge in [0.15, 0.2) is 0 Å². The number of carbonyl (C=O) groups is 1. The number of hydrogen-bond donors (Lipinski definition) is 2. The van der Waals surface area contributed by atoms with E-state index in [1.807, 2.05) is 0 Å². The lowest BCUT2D eigenvalue weighted by Gasteiger charge is -2.05. The van der Waals surface area contributed by atoms with Crippen LogP contribution in [0, 0.1) is 10.1 Å². The highest BCUT2D eigenvalue weighted by Crippen LogP contribution is 2.28. The first-order valence-corrected chi connectivity index (χ1v) is 6.13. The fourth-order valence-electron chi connectivity index (χ4n) is 1.26. The summed E-state index contributed by atoms with van der Waals surface area (Å²) in [6.45, 7) is 0.674. The van der Waals surface area contributed by atoms with Crippen molar-refractivity contribution < 1.29 is 9.72 Å². The average molecular weight is 292 g/mol. The second-order valence-electron chi connectivity index (χ2n) is 3.19. The third-order valence-electron chi connectivity index (χ3n) is 2.07. The summed E-state index contributed by atoms with van der Waals surface area (Å²) < 4.78 is 0. The molecule has 1 aromatic carbocycles. The van der Waals surface area contributed by atoms with Crippen LogP contribution in [0.4, 0.5) is 5.69 Å². The number of amides is 1. The molecule has 0 heterocycles. The van der Waals surface area contributed by atoms with Crippen molar-refractivity contribution in [2.45, 2.75) is 4.90 Å². The van der Waals surface area contributed by atoms with Crippen molar-refractivity contribution in [3.63, 3.8) is 0 Å². The van der Waals surface area contributed by atoms with E-state index in [4.69, 9.17) is 5.73 Å². The van der Waals surface area contributed by atoms with Crippen LogP contribution in [0.2, 0.25) is 0 Å². The molecule has 8 heteroatoms. The second-order valence-corrected chi connectivity index (χ2v) is 4.04. The van der Waals surface area contributed by atoms with Crippen LogP contribution in [0.25, 0.3) is 0 Å². The number of benzene rings is 1. The van der Waals surface area contributed by atoms with Gasteiger partial charge in [0, 0.05) is 24.7 Å². The fraction of sp³-hybridized carbons (Fsp3) is 0.300. The van der Waals surface area contributed by atoms with Gasteiger partial charge in [0.05, 0.1) is 9.82 Å². The number of hydrogen-bond acceptors (Lipinski definition) is 5. The first kappa shape index (κ1) is 16.7. The number of nitrogens with two attached hydrogens (primary N) is 1. The first-order chi connectivity index (χ1) is 8.10. The zero-order chi connectivity index (χ0) is 12.8. The molecule has 0 aliphatic carbocycles. The zero-order valence-corrected chi connectivity index (χ0v) is 11.3. The normalized spacial score (nSPS) is 9.44. The topological polar surface area (TPSA) is 98.3 Å². The number of nitrogens with one attached hydrogen (secondary N) is 1. The van der Waals surface area contributed by atoms with Gasteiger partial charge in [-0.05, 0) is 18.4 Å². The summed E-state index contributed by atoms with van der Waals surface area (Å²) in [5.41, 5.74) is 5.46. The lowest BCUT2D eigenvalue weighted by Crippen LogP contribution is -2.29. The number of carbonyl (C=O) groups excluding carboxylic acids is 1. The predicted molar refractivity (Wildman–Crippen MR) is 73.5 cm³/mol. The van der Waals surface area contributed by atoms with Crippen LogP contribution in [0.3, 0.4) is 0 Å². The van der Waals surface area contributed by atoms with Gasteiger partial charge >= 0.3 is 0 Å². The Morgan fingerprint density at radius 1 is 1.56 bits per heavy atom. The molecule has 0 unspecified atom stereocenters. The van der Waals surface area contributed by atoms with E-state index < -0.39 is 4.92 Å². The van der Waals surface area contributed by atoms with Gasteiger partial charge in [-0.2, -0.15) is 0 Å². The molecular weight excluding hydrogens is 278 g/mol. The number of rotatable bonds is 5. The Bertz CT molecular complexity index is 442. The summed E-state index contributed by atoms with van der Waals surface area (Å²) in [5.74, 6) is -0.355. The molecule has 1 rings (SSSR count). The summed E-state index contributed by atoms with van der Waals surface area (Å²) in [6.07, 6.45) is 1.75. The Balaban J connectivity index is 0.00000289. The van der Waals surface area contributed by atoms with Crippen LogP contribution >= 0.6 is 24.2 Å². The monoisotopic (exact) mass is 291 g/mol. The molecule has 1 amide bonds. The van der Waals surface area contributed by atoms with Gasteiger partial charge in [0.25, 0.3) is 11.6 Å². The quantitative estimate of drug-likeness (QED) is 0.486. The summed E-state index contributed by atoms with van der Waals surface area (Å²) in [5, 5.41) is 13.4. The minimum atomic E-state index is -0.494. The Labute approximate surface area is 115 Å². The molecule has 0 saturated heterocycles. The molecule has 0 atom stereocenters. The number of nitro groups is 1. The molecule has 0 aliphatic rings. The lowest BCUT2D eigenvalue weighted by molar-refractivity contribution is -0.387. The van der Waals surface area contributed by atoms with E-state index in [-0.39, 0.29) is 29.6 Å². The minimum Gasteiger partial charge on any atom is -0.351 e. The van der Waals surface area contributed by atoms with Gasteiger partial charge in [0.1, 0.15) is 0 Å². The van der Waals surface area contributed by atoms with Crippen molar-refractivity contribution >= 4 is 35.8 Å². The third-order valence-corrected chi connectivity index (χ3v) is 2.85. The molecule has 1 aromatic rings. The highest BCUT2D eigenvalue weighted by molar-refractivity contribution is 7.98. The van der Waals surface area contributed by atoms with Crippen molar-refractivity contribution in [2.75, 3.05) is 19.3 Å². The van der Waals surface area contributed by atoms with Crippen LogP contribution in [0.15, 0.2) is 23.1 Å². The van der Waals surface area contributed by atoms with Crippen LogP contribution in [0.1, 0.15) is 10.4 Å². The minimum absolute atomic E-state index is 0. The van der Waals surface area contributed by atoms with Gasteiger partial charge in [-0.3, -0.25) is 14.9 Å². The van der Waals surface area contributed by atoms with Crippen molar-refractivity contribution in [1.29, 1.82) is 0 Å². The van der Waals surface area contributed by atoms with Gasteiger partial charge in [0.2, 0.25) is 0 Å². The van der Waals surface area contributed by atoms with Gasteiger partial charge in [-0.25, -0.2) is 0 Å². The summed E-state index contributed by atoms with van der Waals surface area (Å²) >= 11 is 1.27. The highest BCUT2D eigenvalue weighted by Gasteiger charge is 2.16. The molecule has 0 radical (unpaired) electrons. The van der Waals surface area contributed by atoms with Gasteiger partial charge in [-0.15, -0.1) is 24.2 Å². The summed E-state index contributed by atoms with van der Waals surface area (Å²) in [4.78, 5) is 22.4.